The van der Waals surface area contributed by atoms with Crippen LogP contribution in [0.1, 0.15) is 10.9 Å². The molecule has 0 bridgehead atoms. The van der Waals surface area contributed by atoms with E-state index in [0.717, 1.165) is 5.75 Å². The van der Waals surface area contributed by atoms with E-state index in [2.05, 4.69) is 4.98 Å². The molecular weight excluding hydrogens is 353 g/mol. The van der Waals surface area contributed by atoms with Crippen LogP contribution in [0.2, 0.25) is 0 Å². The Morgan fingerprint density at radius 3 is 2.81 bits per heavy atom. The van der Waals surface area contributed by atoms with Gasteiger partial charge in [-0.3, -0.25) is 14.2 Å². The van der Waals surface area contributed by atoms with E-state index in [1.807, 2.05) is 6.07 Å². The van der Waals surface area contributed by atoms with Crippen LogP contribution < -0.4 is 5.56 Å². The summed E-state index contributed by atoms with van der Waals surface area (Å²) in [6.07, 6.45) is 1.39. The number of para-hydroxylation sites is 1. The first-order chi connectivity index (χ1) is 12.6. The van der Waals surface area contributed by atoms with E-state index in [0.29, 0.717) is 23.0 Å². The molecule has 26 heavy (non-hydrogen) atoms. The fraction of sp³-hybridized carbons (Fsp3) is 0.211. The number of rotatable bonds is 3. The number of hydrogen-bond donors (Lipinski definition) is 0. The van der Waals surface area contributed by atoms with Gasteiger partial charge in [0.1, 0.15) is 17.7 Å². The SMILES string of the molecule is O=C(Cn1cnc2ccccc2c1=O)N1CCS[C@@H]1c1ccccc1F. The largest absolute Gasteiger partial charge is 0.324 e. The highest BCUT2D eigenvalue weighted by atomic mass is 32.2. The van der Waals surface area contributed by atoms with Crippen molar-refractivity contribution in [2.45, 2.75) is 11.9 Å². The Morgan fingerprint density at radius 2 is 1.96 bits per heavy atom. The molecule has 5 nitrogen and oxygen atoms in total. The zero-order chi connectivity index (χ0) is 18.1. The zero-order valence-corrected chi connectivity index (χ0v) is 14.7. The zero-order valence-electron chi connectivity index (χ0n) is 13.8. The number of fused-ring (bicyclic) bond motifs is 1. The van der Waals surface area contributed by atoms with E-state index < -0.39 is 0 Å². The van der Waals surface area contributed by atoms with Gasteiger partial charge in [-0.2, -0.15) is 0 Å². The fourth-order valence-electron chi connectivity index (χ4n) is 3.11. The Balaban J connectivity index is 1.61. The Labute approximate surface area is 153 Å². The van der Waals surface area contributed by atoms with Crippen LogP contribution in [-0.4, -0.2) is 32.7 Å². The monoisotopic (exact) mass is 369 g/mol. The number of carbonyl (C=O) groups excluding carboxylic acids is 1. The fourth-order valence-corrected chi connectivity index (χ4v) is 4.41. The van der Waals surface area contributed by atoms with Crippen molar-refractivity contribution in [3.63, 3.8) is 0 Å². The first-order valence-corrected chi connectivity index (χ1v) is 9.30. The van der Waals surface area contributed by atoms with Gasteiger partial charge in [-0.05, 0) is 18.2 Å². The van der Waals surface area contributed by atoms with E-state index in [1.165, 1.54) is 28.7 Å². The third kappa shape index (κ3) is 2.99. The van der Waals surface area contributed by atoms with E-state index in [4.69, 9.17) is 0 Å². The molecule has 1 saturated heterocycles. The van der Waals surface area contributed by atoms with Crippen molar-refractivity contribution in [3.05, 3.63) is 76.6 Å². The third-order valence-electron chi connectivity index (χ3n) is 4.42. The molecule has 2 heterocycles. The molecular formula is C19H16FN3O2S. The van der Waals surface area contributed by atoms with Crippen LogP contribution in [0.25, 0.3) is 10.9 Å². The molecule has 7 heteroatoms. The molecule has 132 valence electrons. The van der Waals surface area contributed by atoms with Gasteiger partial charge >= 0.3 is 0 Å². The molecule has 4 rings (SSSR count). The highest BCUT2D eigenvalue weighted by molar-refractivity contribution is 7.99. The predicted octanol–water partition coefficient (Wildman–Crippen LogP) is 2.81. The molecule has 0 aliphatic carbocycles. The molecule has 0 N–H and O–H groups in total. The van der Waals surface area contributed by atoms with Crippen molar-refractivity contribution in [3.8, 4) is 0 Å². The number of amides is 1. The lowest BCUT2D eigenvalue weighted by Gasteiger charge is -2.24. The Bertz CT molecular complexity index is 1040. The van der Waals surface area contributed by atoms with Gasteiger partial charge in [-0.1, -0.05) is 30.3 Å². The van der Waals surface area contributed by atoms with Gasteiger partial charge in [0.25, 0.3) is 5.56 Å². The standard InChI is InChI=1S/C19H16FN3O2S/c20-15-7-3-1-5-13(15)19-23(9-10-26-19)17(24)11-22-12-21-16-8-4-2-6-14(16)18(22)25/h1-8,12,19H,9-11H2/t19-/m1/s1. The maximum absolute atomic E-state index is 14.1. The van der Waals surface area contributed by atoms with Gasteiger partial charge < -0.3 is 4.90 Å². The second-order valence-corrected chi connectivity index (χ2v) is 7.21. The first-order valence-electron chi connectivity index (χ1n) is 8.25. The first kappa shape index (κ1) is 16.8. The lowest BCUT2D eigenvalue weighted by atomic mass is 10.2. The normalized spacial score (nSPS) is 17.0. The van der Waals surface area contributed by atoms with Crippen LogP contribution in [0.15, 0.2) is 59.7 Å². The van der Waals surface area contributed by atoms with Gasteiger partial charge in [-0.15, -0.1) is 11.8 Å². The van der Waals surface area contributed by atoms with Crippen molar-refractivity contribution in [2.75, 3.05) is 12.3 Å². The van der Waals surface area contributed by atoms with Crippen LogP contribution in [0.5, 0.6) is 0 Å². The van der Waals surface area contributed by atoms with Gasteiger partial charge in [0.15, 0.2) is 0 Å². The number of halogens is 1. The van der Waals surface area contributed by atoms with Crippen molar-refractivity contribution < 1.29 is 9.18 Å². The van der Waals surface area contributed by atoms with E-state index >= 15 is 0 Å². The maximum Gasteiger partial charge on any atom is 0.261 e. The molecule has 0 unspecified atom stereocenters. The molecule has 1 aliphatic rings. The number of benzene rings is 2. The molecule has 3 aromatic rings. The van der Waals surface area contributed by atoms with Gasteiger partial charge in [-0.25, -0.2) is 9.37 Å². The minimum atomic E-state index is -0.368. The minimum Gasteiger partial charge on any atom is -0.324 e. The summed E-state index contributed by atoms with van der Waals surface area (Å²) in [6, 6.07) is 13.5. The van der Waals surface area contributed by atoms with Crippen LogP contribution >= 0.6 is 11.8 Å². The molecule has 1 aliphatic heterocycles. The Kier molecular flexibility index (Phi) is 4.46. The molecule has 1 atom stereocenters. The Hall–Kier alpha value is -2.67. The van der Waals surface area contributed by atoms with Gasteiger partial charge in [0.2, 0.25) is 5.91 Å². The molecule has 0 spiro atoms. The summed E-state index contributed by atoms with van der Waals surface area (Å²) >= 11 is 1.53. The molecule has 1 fully saturated rings. The number of aromatic nitrogens is 2. The predicted molar refractivity (Wildman–Crippen MR) is 99.3 cm³/mol. The Morgan fingerprint density at radius 1 is 1.19 bits per heavy atom. The summed E-state index contributed by atoms with van der Waals surface area (Å²) in [5.74, 6) is 0.187. The van der Waals surface area contributed by atoms with Crippen LogP contribution in [0.3, 0.4) is 0 Å². The molecule has 2 aromatic carbocycles. The second kappa shape index (κ2) is 6.92. The lowest BCUT2D eigenvalue weighted by molar-refractivity contribution is -0.132. The highest BCUT2D eigenvalue weighted by Crippen LogP contribution is 2.38. The number of thioether (sulfide) groups is 1. The van der Waals surface area contributed by atoms with E-state index in [9.17, 15) is 14.0 Å². The third-order valence-corrected chi connectivity index (χ3v) is 5.66. The minimum absolute atomic E-state index is 0.109. The molecule has 1 aromatic heterocycles. The van der Waals surface area contributed by atoms with Crippen molar-refractivity contribution in [2.24, 2.45) is 0 Å². The second-order valence-electron chi connectivity index (χ2n) is 6.03. The summed E-state index contributed by atoms with van der Waals surface area (Å²) in [5, 5.41) is 0.108. The smallest absolute Gasteiger partial charge is 0.261 e. The summed E-state index contributed by atoms with van der Waals surface area (Å²) in [6.45, 7) is 0.417. The van der Waals surface area contributed by atoms with Gasteiger partial charge in [0.05, 0.1) is 17.2 Å². The molecule has 1 amide bonds. The van der Waals surface area contributed by atoms with Crippen molar-refractivity contribution >= 4 is 28.6 Å². The number of hydrogen-bond acceptors (Lipinski definition) is 4. The highest BCUT2D eigenvalue weighted by Gasteiger charge is 2.32. The average Bonchev–Trinajstić information content (AvgIpc) is 3.14. The van der Waals surface area contributed by atoms with E-state index in [1.54, 1.807) is 41.3 Å². The summed E-state index contributed by atoms with van der Waals surface area (Å²) in [5.41, 5.74) is 0.840. The summed E-state index contributed by atoms with van der Waals surface area (Å²) in [7, 11) is 0. The van der Waals surface area contributed by atoms with Crippen LogP contribution in [0, 0.1) is 5.82 Å². The summed E-state index contributed by atoms with van der Waals surface area (Å²) in [4.78, 5) is 31.2. The number of carbonyl (C=O) groups is 1. The van der Waals surface area contributed by atoms with Crippen LogP contribution in [0.4, 0.5) is 4.39 Å². The topological polar surface area (TPSA) is 55.2 Å². The van der Waals surface area contributed by atoms with Crippen molar-refractivity contribution in [1.29, 1.82) is 0 Å². The molecule has 0 radical (unpaired) electrons. The van der Waals surface area contributed by atoms with Crippen molar-refractivity contribution in [1.82, 2.24) is 14.5 Å². The molecule has 0 saturated carbocycles. The van der Waals surface area contributed by atoms with E-state index in [-0.39, 0.29) is 29.2 Å². The van der Waals surface area contributed by atoms with Crippen LogP contribution in [-0.2, 0) is 11.3 Å². The number of nitrogens with zero attached hydrogens (tertiary/aromatic N) is 3. The maximum atomic E-state index is 14.1. The van der Waals surface area contributed by atoms with Gasteiger partial charge in [0, 0.05) is 17.9 Å². The quantitative estimate of drug-likeness (QED) is 0.712. The average molecular weight is 369 g/mol. The summed E-state index contributed by atoms with van der Waals surface area (Å²) < 4.78 is 15.4. The lowest BCUT2D eigenvalue weighted by Crippen LogP contribution is -2.36.